The monoisotopic (exact) mass is 531 g/mol. The van der Waals surface area contributed by atoms with Gasteiger partial charge in [-0.3, -0.25) is 14.5 Å². The Kier molecular flexibility index (Phi) is 7.72. The van der Waals surface area contributed by atoms with Gasteiger partial charge in [-0.2, -0.15) is 0 Å². The van der Waals surface area contributed by atoms with Crippen molar-refractivity contribution in [2.45, 2.75) is 44.3 Å². The van der Waals surface area contributed by atoms with Crippen molar-refractivity contribution in [1.29, 1.82) is 0 Å². The first kappa shape index (κ1) is 26.1. The van der Waals surface area contributed by atoms with Crippen LogP contribution in [0.15, 0.2) is 66.7 Å². The zero-order chi connectivity index (χ0) is 27.4. The summed E-state index contributed by atoms with van der Waals surface area (Å²) in [4.78, 5) is 29.4. The molecule has 5 rings (SSSR count). The Balaban J connectivity index is 1.62. The molecule has 1 N–H and O–H groups in total. The number of amides is 2. The number of nitrogens with zero attached hydrogens (tertiary/aromatic N) is 4. The molecule has 10 heteroatoms. The first-order valence-electron chi connectivity index (χ1n) is 12.9. The first-order valence-corrected chi connectivity index (χ1v) is 12.9. The summed E-state index contributed by atoms with van der Waals surface area (Å²) in [5.74, 6) is -0.495. The van der Waals surface area contributed by atoms with Gasteiger partial charge >= 0.3 is 0 Å². The lowest BCUT2D eigenvalue weighted by Gasteiger charge is -2.33. The third-order valence-corrected chi connectivity index (χ3v) is 7.00. The van der Waals surface area contributed by atoms with Gasteiger partial charge in [-0.1, -0.05) is 36.3 Å². The number of rotatable bonds is 9. The van der Waals surface area contributed by atoms with E-state index in [-0.39, 0.29) is 24.2 Å². The number of methoxy groups -OCH3 is 2. The van der Waals surface area contributed by atoms with E-state index in [4.69, 9.17) is 9.47 Å². The second kappa shape index (κ2) is 11.5. The summed E-state index contributed by atoms with van der Waals surface area (Å²) in [6.45, 7) is -0.220. The lowest BCUT2D eigenvalue weighted by atomic mass is 10.0. The highest BCUT2D eigenvalue weighted by Crippen LogP contribution is 2.36. The van der Waals surface area contributed by atoms with Gasteiger partial charge in [0.25, 0.3) is 0 Å². The standard InChI is InChI=1S/C29H30FN5O4/c1-38-22-14-15-23(26(17-22)39-2)28(29(37)31-20-9-3-4-10-20)35(21-11-7-8-19(30)16-21)27(36)18-34-25-13-6-5-12-24(25)32-33-34/h5-8,11-17,20,28H,3-4,9-10,18H2,1-2H3,(H,31,37)/t28-/m0/s1. The summed E-state index contributed by atoms with van der Waals surface area (Å²) in [6.07, 6.45) is 3.76. The molecule has 2 amide bonds. The van der Waals surface area contributed by atoms with Gasteiger partial charge in [-0.25, -0.2) is 9.07 Å². The average Bonchev–Trinajstić information content (AvgIpc) is 3.61. The Hall–Kier alpha value is -4.47. The molecular weight excluding hydrogens is 501 g/mol. The zero-order valence-electron chi connectivity index (χ0n) is 21.8. The van der Waals surface area contributed by atoms with Gasteiger partial charge in [-0.15, -0.1) is 5.10 Å². The number of fused-ring (bicyclic) bond motifs is 1. The lowest BCUT2D eigenvalue weighted by molar-refractivity contribution is -0.127. The number of carbonyl (C=O) groups is 2. The van der Waals surface area contributed by atoms with Crippen LogP contribution in [0.2, 0.25) is 0 Å². The molecule has 0 unspecified atom stereocenters. The SMILES string of the molecule is COc1ccc([C@@H](C(=O)NC2CCCC2)N(C(=O)Cn2nnc3ccccc32)c2cccc(F)c2)c(OC)c1. The zero-order valence-corrected chi connectivity index (χ0v) is 21.8. The van der Waals surface area contributed by atoms with Crippen LogP contribution in [0.5, 0.6) is 11.5 Å². The molecule has 1 heterocycles. The largest absolute Gasteiger partial charge is 0.497 e. The minimum Gasteiger partial charge on any atom is -0.497 e. The van der Waals surface area contributed by atoms with E-state index >= 15 is 0 Å². The van der Waals surface area contributed by atoms with Crippen molar-refractivity contribution in [3.63, 3.8) is 0 Å². The van der Waals surface area contributed by atoms with Crippen LogP contribution < -0.4 is 19.7 Å². The minimum atomic E-state index is -1.16. The summed E-state index contributed by atoms with van der Waals surface area (Å²) in [6, 6.07) is 16.8. The molecule has 0 bridgehead atoms. The first-order chi connectivity index (χ1) is 19.0. The van der Waals surface area contributed by atoms with Crippen LogP contribution in [0, 0.1) is 5.82 Å². The predicted octanol–water partition coefficient (Wildman–Crippen LogP) is 4.42. The number of anilines is 1. The van der Waals surface area contributed by atoms with Crippen LogP contribution in [-0.2, 0) is 16.1 Å². The fourth-order valence-corrected chi connectivity index (χ4v) is 5.09. The van der Waals surface area contributed by atoms with Crippen LogP contribution in [0.25, 0.3) is 11.0 Å². The molecule has 9 nitrogen and oxygen atoms in total. The van der Waals surface area contributed by atoms with Crippen molar-refractivity contribution < 1.29 is 23.5 Å². The second-order valence-electron chi connectivity index (χ2n) is 9.48. The van der Waals surface area contributed by atoms with Crippen LogP contribution in [0.3, 0.4) is 0 Å². The fraction of sp³-hybridized carbons (Fsp3) is 0.310. The summed E-state index contributed by atoms with van der Waals surface area (Å²) < 4.78 is 27.0. The van der Waals surface area contributed by atoms with E-state index in [1.54, 1.807) is 30.3 Å². The van der Waals surface area contributed by atoms with Gasteiger partial charge in [-0.05, 0) is 55.3 Å². The van der Waals surface area contributed by atoms with Crippen molar-refractivity contribution in [3.05, 3.63) is 78.1 Å². The molecule has 0 saturated heterocycles. The van der Waals surface area contributed by atoms with Gasteiger partial charge < -0.3 is 14.8 Å². The Morgan fingerprint density at radius 1 is 1.05 bits per heavy atom. The molecule has 0 aliphatic heterocycles. The molecule has 1 aliphatic rings. The Morgan fingerprint density at radius 2 is 1.85 bits per heavy atom. The number of aromatic nitrogens is 3. The molecule has 39 heavy (non-hydrogen) atoms. The number of hydrogen-bond acceptors (Lipinski definition) is 6. The molecule has 1 saturated carbocycles. The highest BCUT2D eigenvalue weighted by Gasteiger charge is 2.36. The van der Waals surface area contributed by atoms with Gasteiger partial charge in [0.2, 0.25) is 11.8 Å². The van der Waals surface area contributed by atoms with Gasteiger partial charge in [0.05, 0.1) is 19.7 Å². The van der Waals surface area contributed by atoms with E-state index in [0.29, 0.717) is 28.1 Å². The van der Waals surface area contributed by atoms with E-state index in [2.05, 4.69) is 15.6 Å². The average molecular weight is 532 g/mol. The third kappa shape index (κ3) is 5.55. The molecule has 1 atom stereocenters. The number of hydrogen-bond donors (Lipinski definition) is 1. The highest BCUT2D eigenvalue weighted by atomic mass is 19.1. The Morgan fingerprint density at radius 3 is 2.59 bits per heavy atom. The van der Waals surface area contributed by atoms with Crippen LogP contribution in [0.4, 0.5) is 10.1 Å². The fourth-order valence-electron chi connectivity index (χ4n) is 5.09. The van der Waals surface area contributed by atoms with Crippen molar-refractivity contribution >= 4 is 28.5 Å². The number of para-hydroxylation sites is 1. The maximum Gasteiger partial charge on any atom is 0.249 e. The maximum absolute atomic E-state index is 14.5. The van der Waals surface area contributed by atoms with E-state index < -0.39 is 17.8 Å². The van der Waals surface area contributed by atoms with Crippen LogP contribution in [-0.4, -0.2) is 47.1 Å². The number of benzene rings is 3. The quantitative estimate of drug-likeness (QED) is 0.343. The highest BCUT2D eigenvalue weighted by molar-refractivity contribution is 6.02. The van der Waals surface area contributed by atoms with E-state index in [1.807, 2.05) is 18.2 Å². The molecule has 0 radical (unpaired) electrons. The van der Waals surface area contributed by atoms with Crippen LogP contribution >= 0.6 is 0 Å². The summed E-state index contributed by atoms with van der Waals surface area (Å²) in [5, 5.41) is 11.4. The smallest absolute Gasteiger partial charge is 0.249 e. The molecule has 1 aromatic heterocycles. The number of ether oxygens (including phenoxy) is 2. The van der Waals surface area contributed by atoms with E-state index in [0.717, 1.165) is 25.7 Å². The minimum absolute atomic E-state index is 0.00652. The van der Waals surface area contributed by atoms with E-state index in [1.165, 1.54) is 42.0 Å². The lowest BCUT2D eigenvalue weighted by Crippen LogP contribution is -2.47. The molecule has 0 spiro atoms. The Labute approximate surface area is 225 Å². The molecule has 1 fully saturated rings. The number of halogens is 1. The van der Waals surface area contributed by atoms with Crippen molar-refractivity contribution in [1.82, 2.24) is 20.3 Å². The number of carbonyl (C=O) groups excluding carboxylic acids is 2. The molecule has 1 aliphatic carbocycles. The van der Waals surface area contributed by atoms with Crippen molar-refractivity contribution in [2.75, 3.05) is 19.1 Å². The summed E-state index contributed by atoms with van der Waals surface area (Å²) >= 11 is 0. The van der Waals surface area contributed by atoms with E-state index in [9.17, 15) is 14.0 Å². The van der Waals surface area contributed by atoms with Crippen molar-refractivity contribution in [2.24, 2.45) is 0 Å². The second-order valence-corrected chi connectivity index (χ2v) is 9.48. The molecule has 3 aromatic carbocycles. The van der Waals surface area contributed by atoms with Gasteiger partial charge in [0, 0.05) is 23.4 Å². The van der Waals surface area contributed by atoms with Gasteiger partial charge in [0.15, 0.2) is 0 Å². The molecule has 4 aromatic rings. The topological polar surface area (TPSA) is 98.6 Å². The van der Waals surface area contributed by atoms with Crippen LogP contribution in [0.1, 0.15) is 37.3 Å². The maximum atomic E-state index is 14.5. The number of nitrogens with one attached hydrogen (secondary N) is 1. The predicted molar refractivity (Wildman–Crippen MR) is 144 cm³/mol. The normalized spacial score (nSPS) is 14.2. The third-order valence-electron chi connectivity index (χ3n) is 7.00. The summed E-state index contributed by atoms with van der Waals surface area (Å²) in [7, 11) is 3.02. The van der Waals surface area contributed by atoms with Gasteiger partial charge in [0.1, 0.15) is 35.4 Å². The molecular formula is C29H30FN5O4. The molecule has 202 valence electrons. The summed E-state index contributed by atoms with van der Waals surface area (Å²) in [5.41, 5.74) is 1.97. The Bertz CT molecular complexity index is 1480. The van der Waals surface area contributed by atoms with Crippen molar-refractivity contribution in [3.8, 4) is 11.5 Å².